The van der Waals surface area contributed by atoms with Crippen LogP contribution in [0, 0.1) is 5.41 Å². The quantitative estimate of drug-likeness (QED) is 0.693. The Morgan fingerprint density at radius 3 is 2.67 bits per heavy atom. The van der Waals surface area contributed by atoms with Crippen molar-refractivity contribution in [2.45, 2.75) is 40.0 Å². The summed E-state index contributed by atoms with van der Waals surface area (Å²) >= 11 is 0. The number of likely N-dealkylation sites (N-methyl/N-ethyl adjacent to an activating group) is 1. The zero-order valence-electron chi connectivity index (χ0n) is 10.2. The van der Waals surface area contributed by atoms with Crippen molar-refractivity contribution >= 4 is 5.91 Å². The maximum absolute atomic E-state index is 11.2. The number of allylic oxidation sites excluding steroid dienone is 3. The Balaban J connectivity index is 2.90. The van der Waals surface area contributed by atoms with E-state index in [1.807, 2.05) is 6.08 Å². The molecule has 2 heteroatoms. The Bertz CT molecular complexity index is 310. The lowest BCUT2D eigenvalue weighted by atomic mass is 9.72. The minimum Gasteiger partial charge on any atom is -0.356 e. The molecule has 0 spiro atoms. The first-order chi connectivity index (χ1) is 6.97. The Hall–Kier alpha value is -1.05. The van der Waals surface area contributed by atoms with Crippen LogP contribution < -0.4 is 5.32 Å². The molecule has 15 heavy (non-hydrogen) atoms. The summed E-state index contributed by atoms with van der Waals surface area (Å²) in [6, 6.07) is 0. The van der Waals surface area contributed by atoms with Crippen molar-refractivity contribution in [2.75, 3.05) is 7.05 Å². The zero-order chi connectivity index (χ0) is 11.5. The molecule has 84 valence electrons. The molecule has 0 aromatic rings. The smallest absolute Gasteiger partial charge is 0.243 e. The van der Waals surface area contributed by atoms with Gasteiger partial charge in [0, 0.05) is 13.1 Å². The van der Waals surface area contributed by atoms with Crippen LogP contribution in [0.25, 0.3) is 0 Å². The average Bonchev–Trinajstić information content (AvgIpc) is 2.15. The summed E-state index contributed by atoms with van der Waals surface area (Å²) in [5, 5.41) is 2.60. The lowest BCUT2D eigenvalue weighted by Crippen LogP contribution is -2.20. The van der Waals surface area contributed by atoms with E-state index < -0.39 is 0 Å². The normalized spacial score (nSPS) is 20.8. The first-order valence-electron chi connectivity index (χ1n) is 5.57. The highest BCUT2D eigenvalue weighted by Gasteiger charge is 2.26. The number of rotatable bonds is 2. The molecule has 0 saturated carbocycles. The Labute approximate surface area is 92.4 Å². The van der Waals surface area contributed by atoms with Crippen molar-refractivity contribution < 1.29 is 4.79 Å². The third-order valence-electron chi connectivity index (χ3n) is 3.19. The first-order valence-corrected chi connectivity index (χ1v) is 5.57. The van der Waals surface area contributed by atoms with Gasteiger partial charge in [0.2, 0.25) is 5.91 Å². The Morgan fingerprint density at radius 2 is 2.13 bits per heavy atom. The summed E-state index contributed by atoms with van der Waals surface area (Å²) < 4.78 is 0. The molecule has 0 bridgehead atoms. The molecule has 0 aromatic carbocycles. The molecule has 0 atom stereocenters. The van der Waals surface area contributed by atoms with E-state index in [-0.39, 0.29) is 11.3 Å². The Morgan fingerprint density at radius 1 is 1.47 bits per heavy atom. The van der Waals surface area contributed by atoms with Gasteiger partial charge in [-0.1, -0.05) is 25.5 Å². The van der Waals surface area contributed by atoms with Gasteiger partial charge in [0.25, 0.3) is 0 Å². The lowest BCUT2D eigenvalue weighted by Gasteiger charge is -2.32. The number of carbonyl (C=O) groups excluding carboxylic acids is 1. The fourth-order valence-corrected chi connectivity index (χ4v) is 2.25. The zero-order valence-corrected chi connectivity index (χ0v) is 10.2. The van der Waals surface area contributed by atoms with Crippen LogP contribution in [0.15, 0.2) is 23.3 Å². The standard InChI is InChI=1S/C13H21NO/c1-10-6-5-9-13(2,3)11(10)7-8-12(15)14-4/h7-8H,5-6,9H2,1-4H3,(H,14,15). The van der Waals surface area contributed by atoms with E-state index in [1.165, 1.54) is 24.0 Å². The van der Waals surface area contributed by atoms with Crippen molar-refractivity contribution in [3.05, 3.63) is 23.3 Å². The maximum Gasteiger partial charge on any atom is 0.243 e. The number of amides is 1. The average molecular weight is 207 g/mol. The topological polar surface area (TPSA) is 29.1 Å². The second-order valence-electron chi connectivity index (χ2n) is 4.88. The van der Waals surface area contributed by atoms with E-state index in [0.717, 1.165) is 6.42 Å². The molecule has 1 amide bonds. The molecule has 0 saturated heterocycles. The van der Waals surface area contributed by atoms with Gasteiger partial charge in [-0.3, -0.25) is 4.79 Å². The second-order valence-corrected chi connectivity index (χ2v) is 4.88. The van der Waals surface area contributed by atoms with Crippen LogP contribution in [0.2, 0.25) is 0 Å². The van der Waals surface area contributed by atoms with Crippen molar-refractivity contribution in [3.8, 4) is 0 Å². The summed E-state index contributed by atoms with van der Waals surface area (Å²) in [7, 11) is 1.65. The fraction of sp³-hybridized carbons (Fsp3) is 0.615. The third kappa shape index (κ3) is 2.95. The van der Waals surface area contributed by atoms with Crippen molar-refractivity contribution in [3.63, 3.8) is 0 Å². The number of hydrogen-bond donors (Lipinski definition) is 1. The van der Waals surface area contributed by atoms with Gasteiger partial charge < -0.3 is 5.32 Å². The molecule has 1 rings (SSSR count). The van der Waals surface area contributed by atoms with Crippen LogP contribution in [0.5, 0.6) is 0 Å². The summed E-state index contributed by atoms with van der Waals surface area (Å²) in [6.45, 7) is 6.67. The monoisotopic (exact) mass is 207 g/mol. The van der Waals surface area contributed by atoms with Crippen LogP contribution in [-0.2, 0) is 4.79 Å². The molecule has 0 aromatic heterocycles. The van der Waals surface area contributed by atoms with Crippen molar-refractivity contribution in [1.29, 1.82) is 0 Å². The fourth-order valence-electron chi connectivity index (χ4n) is 2.25. The summed E-state index contributed by atoms with van der Waals surface area (Å²) in [6.07, 6.45) is 7.24. The summed E-state index contributed by atoms with van der Waals surface area (Å²) in [5.74, 6) is -0.0309. The lowest BCUT2D eigenvalue weighted by molar-refractivity contribution is -0.116. The maximum atomic E-state index is 11.2. The highest BCUT2D eigenvalue weighted by molar-refractivity contribution is 5.87. The summed E-state index contributed by atoms with van der Waals surface area (Å²) in [4.78, 5) is 11.2. The number of hydrogen-bond acceptors (Lipinski definition) is 1. The molecule has 0 radical (unpaired) electrons. The molecule has 1 aliphatic rings. The van der Waals surface area contributed by atoms with Crippen molar-refractivity contribution in [1.82, 2.24) is 5.32 Å². The van der Waals surface area contributed by atoms with Crippen LogP contribution in [0.4, 0.5) is 0 Å². The highest BCUT2D eigenvalue weighted by Crippen LogP contribution is 2.40. The van der Waals surface area contributed by atoms with Crippen molar-refractivity contribution in [2.24, 2.45) is 5.41 Å². The number of carbonyl (C=O) groups is 1. The largest absolute Gasteiger partial charge is 0.356 e. The van der Waals surface area contributed by atoms with Gasteiger partial charge >= 0.3 is 0 Å². The minimum atomic E-state index is -0.0309. The predicted molar refractivity (Wildman–Crippen MR) is 63.5 cm³/mol. The SMILES string of the molecule is CNC(=O)C=CC1=C(C)CCCC1(C)C. The molecule has 0 unspecified atom stereocenters. The van der Waals surface area contributed by atoms with E-state index in [1.54, 1.807) is 13.1 Å². The van der Waals surface area contributed by atoms with E-state index >= 15 is 0 Å². The minimum absolute atomic E-state index is 0.0309. The van der Waals surface area contributed by atoms with Gasteiger partial charge in [-0.2, -0.15) is 0 Å². The van der Waals surface area contributed by atoms with Crippen LogP contribution in [-0.4, -0.2) is 13.0 Å². The van der Waals surface area contributed by atoms with Gasteiger partial charge in [-0.05, 0) is 37.2 Å². The molecule has 0 heterocycles. The predicted octanol–water partition coefficient (Wildman–Crippen LogP) is 2.82. The molecule has 2 nitrogen and oxygen atoms in total. The van der Waals surface area contributed by atoms with Gasteiger partial charge in [-0.25, -0.2) is 0 Å². The van der Waals surface area contributed by atoms with Gasteiger partial charge in [-0.15, -0.1) is 0 Å². The number of nitrogens with one attached hydrogen (secondary N) is 1. The van der Waals surface area contributed by atoms with E-state index in [4.69, 9.17) is 0 Å². The molecule has 1 aliphatic carbocycles. The highest BCUT2D eigenvalue weighted by atomic mass is 16.1. The first kappa shape index (κ1) is 12.0. The molecule has 1 N–H and O–H groups in total. The van der Waals surface area contributed by atoms with Crippen LogP contribution >= 0.6 is 0 Å². The van der Waals surface area contributed by atoms with Crippen LogP contribution in [0.3, 0.4) is 0 Å². The Kier molecular flexibility index (Phi) is 3.72. The second kappa shape index (κ2) is 4.65. The molecular formula is C13H21NO. The van der Waals surface area contributed by atoms with Crippen LogP contribution in [0.1, 0.15) is 40.0 Å². The van der Waals surface area contributed by atoms with E-state index in [9.17, 15) is 4.79 Å². The summed E-state index contributed by atoms with van der Waals surface area (Å²) in [5.41, 5.74) is 2.97. The molecule has 0 fully saturated rings. The van der Waals surface area contributed by atoms with Gasteiger partial charge in [0.15, 0.2) is 0 Å². The van der Waals surface area contributed by atoms with Gasteiger partial charge in [0.1, 0.15) is 0 Å². The van der Waals surface area contributed by atoms with E-state index in [2.05, 4.69) is 26.1 Å². The van der Waals surface area contributed by atoms with E-state index in [0.29, 0.717) is 0 Å². The molecule has 0 aliphatic heterocycles. The molecular weight excluding hydrogens is 186 g/mol. The third-order valence-corrected chi connectivity index (χ3v) is 3.19. The van der Waals surface area contributed by atoms with Gasteiger partial charge in [0.05, 0.1) is 0 Å².